The van der Waals surface area contributed by atoms with Crippen LogP contribution in [0.25, 0.3) is 0 Å². The summed E-state index contributed by atoms with van der Waals surface area (Å²) >= 11 is 0. The minimum atomic E-state index is -1.55. The van der Waals surface area contributed by atoms with Crippen molar-refractivity contribution in [1.29, 1.82) is 0 Å². The molecule has 0 unspecified atom stereocenters. The Hall–Kier alpha value is -2.24. The lowest BCUT2D eigenvalue weighted by atomic mass is 10.3. The highest BCUT2D eigenvalue weighted by molar-refractivity contribution is 5.73. The van der Waals surface area contributed by atoms with Gasteiger partial charge in [0, 0.05) is 0 Å². The van der Waals surface area contributed by atoms with E-state index in [0.717, 1.165) is 0 Å². The van der Waals surface area contributed by atoms with Gasteiger partial charge >= 0.3 is 12.2 Å². The van der Waals surface area contributed by atoms with Crippen molar-refractivity contribution in [3.05, 3.63) is 30.3 Å². The summed E-state index contributed by atoms with van der Waals surface area (Å²) in [5, 5.41) is 13.4. The molecule has 1 aromatic rings. The van der Waals surface area contributed by atoms with E-state index in [9.17, 15) is 9.59 Å². The predicted molar refractivity (Wildman–Crippen MR) is 45.3 cm³/mol. The average molecular weight is 194 g/mol. The topological polar surface area (TPSA) is 88.3 Å². The predicted octanol–water partition coefficient (Wildman–Crippen LogP) is 2.32. The van der Waals surface area contributed by atoms with E-state index in [2.05, 4.69) is 15.0 Å². The van der Waals surface area contributed by atoms with Crippen LogP contribution in [-0.2, 0) is 0 Å². The monoisotopic (exact) mass is 194 g/mol. The van der Waals surface area contributed by atoms with E-state index < -0.39 is 12.2 Å². The lowest BCUT2D eigenvalue weighted by Crippen LogP contribution is -2.01. The second kappa shape index (κ2) is 4.70. The molecule has 0 spiro atoms. The second-order valence-corrected chi connectivity index (χ2v) is 2.16. The highest BCUT2D eigenvalue weighted by Crippen LogP contribution is 2.08. The number of nitrogens with zero attached hydrogens (tertiary/aromatic N) is 2. The van der Waals surface area contributed by atoms with E-state index in [4.69, 9.17) is 5.11 Å². The summed E-state index contributed by atoms with van der Waals surface area (Å²) in [5.74, 6) is 0.279. The molecule has 0 fully saturated rings. The highest BCUT2D eigenvalue weighted by Gasteiger charge is 2.02. The number of para-hydroxylation sites is 1. The number of rotatable bonds is 1. The molecule has 6 nitrogen and oxygen atoms in total. The smallest absolute Gasteiger partial charge is 0.458 e. The summed E-state index contributed by atoms with van der Waals surface area (Å²) in [6, 6.07) is 8.15. The van der Waals surface area contributed by atoms with Gasteiger partial charge in [-0.3, -0.25) is 0 Å². The zero-order valence-electron chi connectivity index (χ0n) is 6.95. The summed E-state index contributed by atoms with van der Waals surface area (Å²) < 4.78 is 4.60. The summed E-state index contributed by atoms with van der Waals surface area (Å²) in [6.45, 7) is 0. The number of ether oxygens (including phenoxy) is 1. The molecule has 0 aliphatic carbocycles. The largest absolute Gasteiger partial charge is 0.462 e. The Morgan fingerprint density at radius 1 is 1.14 bits per heavy atom. The number of hydrogen-bond acceptors (Lipinski definition) is 3. The number of benzene rings is 1. The maximum atomic E-state index is 10.8. The Balaban J connectivity index is 2.54. The van der Waals surface area contributed by atoms with Crippen molar-refractivity contribution >= 4 is 12.2 Å². The molecule has 0 atom stereocenters. The van der Waals surface area contributed by atoms with Crippen LogP contribution >= 0.6 is 0 Å². The van der Waals surface area contributed by atoms with Gasteiger partial charge in [-0.05, 0) is 12.1 Å². The Bertz CT molecular complexity index is 361. The summed E-state index contributed by atoms with van der Waals surface area (Å²) in [6.07, 6.45) is -2.62. The average Bonchev–Trinajstić information content (AvgIpc) is 2.16. The molecule has 0 bridgehead atoms. The molecule has 0 aromatic heterocycles. The first-order valence-corrected chi connectivity index (χ1v) is 3.60. The van der Waals surface area contributed by atoms with E-state index in [1.807, 2.05) is 0 Å². The van der Waals surface area contributed by atoms with E-state index in [1.165, 1.54) is 12.1 Å². The van der Waals surface area contributed by atoms with E-state index >= 15 is 0 Å². The highest BCUT2D eigenvalue weighted by atomic mass is 16.6. The fourth-order valence-electron chi connectivity index (χ4n) is 0.693. The van der Waals surface area contributed by atoms with Crippen LogP contribution in [0.2, 0.25) is 0 Å². The van der Waals surface area contributed by atoms with Crippen LogP contribution in [0, 0.1) is 0 Å². The molecule has 0 radical (unpaired) electrons. The summed E-state index contributed by atoms with van der Waals surface area (Å²) in [7, 11) is 0. The van der Waals surface area contributed by atoms with Gasteiger partial charge in [-0.2, -0.15) is 0 Å². The van der Waals surface area contributed by atoms with Gasteiger partial charge in [0.25, 0.3) is 0 Å². The SMILES string of the molecule is O=C(O)N=NC(=O)Oc1ccccc1. The van der Waals surface area contributed by atoms with Crippen LogP contribution in [-0.4, -0.2) is 17.3 Å². The molecular formula is C8H6N2O4. The first-order chi connectivity index (χ1) is 6.68. The lowest BCUT2D eigenvalue weighted by Gasteiger charge is -1.96. The van der Waals surface area contributed by atoms with Crippen LogP contribution < -0.4 is 4.74 Å². The molecule has 72 valence electrons. The zero-order valence-corrected chi connectivity index (χ0v) is 6.95. The number of carbonyl (C=O) groups excluding carboxylic acids is 1. The number of hydrogen-bond donors (Lipinski definition) is 1. The van der Waals surface area contributed by atoms with Crippen molar-refractivity contribution in [3.8, 4) is 5.75 Å². The van der Waals surface area contributed by atoms with Gasteiger partial charge in [-0.15, -0.1) is 0 Å². The first kappa shape index (κ1) is 9.85. The van der Waals surface area contributed by atoms with Crippen molar-refractivity contribution in [1.82, 2.24) is 0 Å². The molecule has 0 heterocycles. The van der Waals surface area contributed by atoms with Gasteiger partial charge in [-0.25, -0.2) is 9.59 Å². The van der Waals surface area contributed by atoms with Gasteiger partial charge in [0.2, 0.25) is 0 Å². The first-order valence-electron chi connectivity index (χ1n) is 3.60. The molecule has 1 N–H and O–H groups in total. The van der Waals surface area contributed by atoms with Gasteiger partial charge in [0.05, 0.1) is 0 Å². The minimum Gasteiger partial charge on any atom is -0.462 e. The van der Waals surface area contributed by atoms with Gasteiger partial charge in [0.15, 0.2) is 0 Å². The maximum Gasteiger partial charge on any atom is 0.458 e. The normalized spacial score (nSPS) is 10.0. The van der Waals surface area contributed by atoms with Crippen molar-refractivity contribution in [2.75, 3.05) is 0 Å². The molecule has 14 heavy (non-hydrogen) atoms. The fourth-order valence-corrected chi connectivity index (χ4v) is 0.693. The summed E-state index contributed by atoms with van der Waals surface area (Å²) in [5.41, 5.74) is 0. The third kappa shape index (κ3) is 3.44. The molecule has 6 heteroatoms. The lowest BCUT2D eigenvalue weighted by molar-refractivity contribution is 0.197. The molecule has 0 aliphatic rings. The molecule has 1 rings (SSSR count). The number of carbonyl (C=O) groups is 2. The fraction of sp³-hybridized carbons (Fsp3) is 0. The third-order valence-corrected chi connectivity index (χ3v) is 1.17. The number of carboxylic acid groups (broad SMARTS) is 1. The van der Waals surface area contributed by atoms with E-state index in [1.54, 1.807) is 18.2 Å². The molecule has 1 aromatic carbocycles. The number of amides is 2. The minimum absolute atomic E-state index is 0.279. The van der Waals surface area contributed by atoms with Crippen LogP contribution in [0.15, 0.2) is 40.6 Å². The zero-order chi connectivity index (χ0) is 10.4. The van der Waals surface area contributed by atoms with Crippen molar-refractivity contribution < 1.29 is 19.4 Å². The molecule has 2 amide bonds. The molecule has 0 aliphatic heterocycles. The van der Waals surface area contributed by atoms with Crippen LogP contribution in [0.4, 0.5) is 9.59 Å². The van der Waals surface area contributed by atoms with Crippen LogP contribution in [0.1, 0.15) is 0 Å². The van der Waals surface area contributed by atoms with Crippen LogP contribution in [0.3, 0.4) is 0 Å². The van der Waals surface area contributed by atoms with Crippen LogP contribution in [0.5, 0.6) is 5.75 Å². The maximum absolute atomic E-state index is 10.8. The van der Waals surface area contributed by atoms with E-state index in [0.29, 0.717) is 0 Å². The van der Waals surface area contributed by atoms with E-state index in [-0.39, 0.29) is 5.75 Å². The quantitative estimate of drug-likeness (QED) is 0.694. The molecule has 0 saturated carbocycles. The van der Waals surface area contributed by atoms with Gasteiger partial charge < -0.3 is 9.84 Å². The standard InChI is InChI=1S/C8H6N2O4/c11-7(12)9-10-8(13)14-6-4-2-1-3-5-6/h1-5H,(H,11,12). The Morgan fingerprint density at radius 3 is 2.36 bits per heavy atom. The van der Waals surface area contributed by atoms with Gasteiger partial charge in [0.1, 0.15) is 5.75 Å². The molecular weight excluding hydrogens is 188 g/mol. The van der Waals surface area contributed by atoms with Crippen molar-refractivity contribution in [3.63, 3.8) is 0 Å². The Labute approximate surface area is 78.8 Å². The Morgan fingerprint density at radius 2 is 1.79 bits per heavy atom. The summed E-state index contributed by atoms with van der Waals surface area (Å²) in [4.78, 5) is 20.7. The van der Waals surface area contributed by atoms with Crippen molar-refractivity contribution in [2.24, 2.45) is 10.2 Å². The third-order valence-electron chi connectivity index (χ3n) is 1.17. The Kier molecular flexibility index (Phi) is 3.31. The second-order valence-electron chi connectivity index (χ2n) is 2.16. The number of azo groups is 1. The van der Waals surface area contributed by atoms with Gasteiger partial charge in [-0.1, -0.05) is 28.4 Å². The van der Waals surface area contributed by atoms with Crippen molar-refractivity contribution in [2.45, 2.75) is 0 Å². The molecule has 0 saturated heterocycles.